The first-order valence-corrected chi connectivity index (χ1v) is 6.60. The number of rotatable bonds is 2. The zero-order valence-electron chi connectivity index (χ0n) is 10.2. The van der Waals surface area contributed by atoms with Crippen LogP contribution in [0.25, 0.3) is 16.6 Å². The number of hydrogen-bond acceptors (Lipinski definition) is 1. The minimum absolute atomic E-state index is 0.314. The molecule has 1 heterocycles. The number of hydrogen-bond donors (Lipinski definition) is 0. The summed E-state index contributed by atoms with van der Waals surface area (Å²) in [5, 5.41) is 0.839. The molecule has 2 nitrogen and oxygen atoms in total. The van der Waals surface area contributed by atoms with Crippen molar-refractivity contribution in [3.05, 3.63) is 59.0 Å². The average molecular weight is 320 g/mol. The fraction of sp³-hybridized carbons (Fsp3) is 0.0667. The minimum Gasteiger partial charge on any atom is -0.495 e. The molecule has 0 N–H and O–H groups in total. The maximum Gasteiger partial charge on any atom is 0.199 e. The van der Waals surface area contributed by atoms with E-state index in [2.05, 4.69) is 15.9 Å². The first kappa shape index (κ1) is 12.2. The predicted molar refractivity (Wildman–Crippen MR) is 77.5 cm³/mol. The van der Waals surface area contributed by atoms with Crippen LogP contribution in [-0.4, -0.2) is 11.7 Å². The number of benzene rings is 2. The molecule has 0 saturated heterocycles. The van der Waals surface area contributed by atoms with Crippen LogP contribution < -0.4 is 4.74 Å². The van der Waals surface area contributed by atoms with E-state index in [-0.39, 0.29) is 5.95 Å². The lowest BCUT2D eigenvalue weighted by molar-refractivity contribution is 0.411. The second kappa shape index (κ2) is 4.70. The third-order valence-corrected chi connectivity index (χ3v) is 3.77. The van der Waals surface area contributed by atoms with Crippen molar-refractivity contribution in [3.8, 4) is 11.4 Å². The number of fused-ring (bicyclic) bond motifs is 1. The molecule has 96 valence electrons. The molecule has 0 radical (unpaired) electrons. The third kappa shape index (κ3) is 1.92. The van der Waals surface area contributed by atoms with Gasteiger partial charge in [0.2, 0.25) is 0 Å². The van der Waals surface area contributed by atoms with Gasteiger partial charge in [-0.15, -0.1) is 0 Å². The lowest BCUT2D eigenvalue weighted by Gasteiger charge is -2.11. The zero-order chi connectivity index (χ0) is 13.4. The molecule has 0 aliphatic rings. The molecule has 0 amide bonds. The second-order valence-electron chi connectivity index (χ2n) is 4.15. The third-order valence-electron chi connectivity index (χ3n) is 3.07. The molecule has 0 saturated carbocycles. The Labute approximate surface area is 118 Å². The molecule has 4 heteroatoms. The standard InChI is InChI=1S/C15H11BrFNO/c1-19-14-8-3-2-6-13(14)18-12-7-4-5-11(16)10(12)9-15(18)17/h2-9H,1H3. The molecule has 19 heavy (non-hydrogen) atoms. The lowest BCUT2D eigenvalue weighted by Crippen LogP contribution is -1.99. The Morgan fingerprint density at radius 2 is 1.89 bits per heavy atom. The van der Waals surface area contributed by atoms with E-state index in [4.69, 9.17) is 4.74 Å². The Balaban J connectivity index is 2.37. The Bertz CT molecular complexity index is 751. The van der Waals surface area contributed by atoms with Gasteiger partial charge >= 0.3 is 0 Å². The Morgan fingerprint density at radius 1 is 1.11 bits per heavy atom. The van der Waals surface area contributed by atoms with E-state index in [1.807, 2.05) is 42.5 Å². The van der Waals surface area contributed by atoms with E-state index >= 15 is 0 Å². The molecule has 0 fully saturated rings. The largest absolute Gasteiger partial charge is 0.495 e. The highest BCUT2D eigenvalue weighted by molar-refractivity contribution is 9.10. The van der Waals surface area contributed by atoms with Crippen molar-refractivity contribution in [1.29, 1.82) is 0 Å². The van der Waals surface area contributed by atoms with E-state index < -0.39 is 0 Å². The molecule has 0 bridgehead atoms. The van der Waals surface area contributed by atoms with Gasteiger partial charge in [0.15, 0.2) is 5.95 Å². The van der Waals surface area contributed by atoms with Gasteiger partial charge in [-0.3, -0.25) is 4.57 Å². The van der Waals surface area contributed by atoms with Crippen LogP contribution >= 0.6 is 15.9 Å². The number of halogens is 2. The molecule has 0 spiro atoms. The highest BCUT2D eigenvalue weighted by Gasteiger charge is 2.14. The second-order valence-corrected chi connectivity index (χ2v) is 5.00. The summed E-state index contributed by atoms with van der Waals surface area (Å²) < 4.78 is 22.0. The van der Waals surface area contributed by atoms with Gasteiger partial charge in [-0.1, -0.05) is 34.1 Å². The van der Waals surface area contributed by atoms with Crippen molar-refractivity contribution in [1.82, 2.24) is 4.57 Å². The molecule has 0 aliphatic carbocycles. The normalized spacial score (nSPS) is 10.9. The van der Waals surface area contributed by atoms with Crippen LogP contribution in [0, 0.1) is 5.95 Å². The van der Waals surface area contributed by atoms with Crippen molar-refractivity contribution in [3.63, 3.8) is 0 Å². The van der Waals surface area contributed by atoms with Crippen molar-refractivity contribution in [2.75, 3.05) is 7.11 Å². The monoisotopic (exact) mass is 319 g/mol. The van der Waals surface area contributed by atoms with E-state index in [0.717, 1.165) is 15.4 Å². The zero-order valence-corrected chi connectivity index (χ0v) is 11.8. The van der Waals surface area contributed by atoms with Gasteiger partial charge in [0, 0.05) is 15.9 Å². The quantitative estimate of drug-likeness (QED) is 0.676. The molecule has 1 aromatic heterocycles. The topological polar surface area (TPSA) is 14.2 Å². The fourth-order valence-corrected chi connectivity index (χ4v) is 2.69. The van der Waals surface area contributed by atoms with E-state index in [1.54, 1.807) is 11.7 Å². The van der Waals surface area contributed by atoms with Crippen molar-refractivity contribution < 1.29 is 9.13 Å². The summed E-state index contributed by atoms with van der Waals surface area (Å²) in [4.78, 5) is 0. The molecule has 0 atom stereocenters. The van der Waals surface area contributed by atoms with Crippen molar-refractivity contribution in [2.45, 2.75) is 0 Å². The lowest BCUT2D eigenvalue weighted by atomic mass is 10.2. The van der Waals surface area contributed by atoms with Crippen LogP contribution in [0.4, 0.5) is 4.39 Å². The number of nitrogens with zero attached hydrogens (tertiary/aromatic N) is 1. The maximum absolute atomic E-state index is 14.3. The van der Waals surface area contributed by atoms with Crippen LogP contribution in [0.3, 0.4) is 0 Å². The SMILES string of the molecule is COc1ccccc1-n1c(F)cc2c(Br)cccc21. The summed E-state index contributed by atoms with van der Waals surface area (Å²) in [5.41, 5.74) is 1.49. The summed E-state index contributed by atoms with van der Waals surface area (Å²) >= 11 is 3.44. The Kier molecular flexibility index (Phi) is 3.03. The summed E-state index contributed by atoms with van der Waals surface area (Å²) in [6, 6.07) is 14.6. The smallest absolute Gasteiger partial charge is 0.199 e. The van der Waals surface area contributed by atoms with Gasteiger partial charge in [-0.2, -0.15) is 4.39 Å². The molecular weight excluding hydrogens is 309 g/mol. The van der Waals surface area contributed by atoms with Crippen LogP contribution in [0.1, 0.15) is 0 Å². The van der Waals surface area contributed by atoms with E-state index in [0.29, 0.717) is 11.4 Å². The van der Waals surface area contributed by atoms with Crippen LogP contribution in [0.2, 0.25) is 0 Å². The van der Waals surface area contributed by atoms with Crippen molar-refractivity contribution in [2.24, 2.45) is 0 Å². The molecule has 3 rings (SSSR count). The fourth-order valence-electron chi connectivity index (χ4n) is 2.22. The van der Waals surface area contributed by atoms with Gasteiger partial charge < -0.3 is 4.74 Å². The first-order chi connectivity index (χ1) is 9.22. The van der Waals surface area contributed by atoms with Crippen LogP contribution in [0.5, 0.6) is 5.75 Å². The first-order valence-electron chi connectivity index (χ1n) is 5.81. The number of para-hydroxylation sites is 2. The Hall–Kier alpha value is -1.81. The highest BCUT2D eigenvalue weighted by Crippen LogP contribution is 2.32. The minimum atomic E-state index is -0.314. The van der Waals surface area contributed by atoms with Crippen LogP contribution in [0.15, 0.2) is 53.0 Å². The molecule has 0 unspecified atom stereocenters. The van der Waals surface area contributed by atoms with Gasteiger partial charge in [0.05, 0.1) is 18.3 Å². The Morgan fingerprint density at radius 3 is 2.68 bits per heavy atom. The maximum atomic E-state index is 14.3. The van der Waals surface area contributed by atoms with Crippen molar-refractivity contribution >= 4 is 26.8 Å². The summed E-state index contributed by atoms with van der Waals surface area (Å²) in [6.07, 6.45) is 0. The summed E-state index contributed by atoms with van der Waals surface area (Å²) in [5.74, 6) is 0.324. The van der Waals surface area contributed by atoms with E-state index in [9.17, 15) is 4.39 Å². The van der Waals surface area contributed by atoms with Gasteiger partial charge in [-0.25, -0.2) is 0 Å². The van der Waals surface area contributed by atoms with Gasteiger partial charge in [0.25, 0.3) is 0 Å². The van der Waals surface area contributed by atoms with Crippen LogP contribution in [-0.2, 0) is 0 Å². The molecular formula is C15H11BrFNO. The molecule has 2 aromatic carbocycles. The number of methoxy groups -OCH3 is 1. The molecule has 0 aliphatic heterocycles. The highest BCUT2D eigenvalue weighted by atomic mass is 79.9. The predicted octanol–water partition coefficient (Wildman–Crippen LogP) is 4.54. The van der Waals surface area contributed by atoms with E-state index in [1.165, 1.54) is 6.07 Å². The summed E-state index contributed by atoms with van der Waals surface area (Å²) in [7, 11) is 1.58. The van der Waals surface area contributed by atoms with Gasteiger partial charge in [0.1, 0.15) is 5.75 Å². The van der Waals surface area contributed by atoms with Gasteiger partial charge in [-0.05, 0) is 24.3 Å². The number of aromatic nitrogens is 1. The number of ether oxygens (including phenoxy) is 1. The molecule has 3 aromatic rings. The average Bonchev–Trinajstić information content (AvgIpc) is 2.76. The summed E-state index contributed by atoms with van der Waals surface area (Å²) in [6.45, 7) is 0.